The summed E-state index contributed by atoms with van der Waals surface area (Å²) in [4.78, 5) is 2.68. The highest BCUT2D eigenvalue weighted by Gasteiger charge is 2.43. The largest absolute Gasteiger partial charge is 0.309 e. The Morgan fingerprint density at radius 2 is 2.19 bits per heavy atom. The molecule has 3 heteroatoms. The minimum absolute atomic E-state index is 0.428. The fourth-order valence-electron chi connectivity index (χ4n) is 2.87. The van der Waals surface area contributed by atoms with Gasteiger partial charge in [0.25, 0.3) is 0 Å². The molecule has 2 aliphatic rings. The monoisotopic (exact) mass is 242 g/mol. The van der Waals surface area contributed by atoms with Crippen molar-refractivity contribution in [1.29, 1.82) is 0 Å². The first kappa shape index (κ1) is 12.7. The summed E-state index contributed by atoms with van der Waals surface area (Å²) in [5.41, 5.74) is 0.428. The Morgan fingerprint density at radius 3 is 2.88 bits per heavy atom. The first-order valence-corrected chi connectivity index (χ1v) is 8.10. The zero-order valence-corrected chi connectivity index (χ0v) is 11.6. The van der Waals surface area contributed by atoms with Crippen molar-refractivity contribution in [2.24, 2.45) is 5.92 Å². The maximum atomic E-state index is 3.74. The summed E-state index contributed by atoms with van der Waals surface area (Å²) < 4.78 is 0. The molecule has 0 amide bonds. The molecule has 16 heavy (non-hydrogen) atoms. The SMILES string of the molecule is CSCCCCN1CCNC(C)(C2CC2)C1. The molecule has 1 heterocycles. The first-order valence-electron chi connectivity index (χ1n) is 6.71. The number of nitrogens with one attached hydrogen (secondary N) is 1. The standard InChI is InChI=1S/C13H26N2S/c1-13(12-5-6-12)11-15(9-7-14-13)8-3-4-10-16-2/h12,14H,3-11H2,1-2H3. The Labute approximate surface area is 105 Å². The molecule has 0 aromatic heterocycles. The van der Waals surface area contributed by atoms with E-state index in [0.29, 0.717) is 5.54 Å². The number of rotatable bonds is 6. The van der Waals surface area contributed by atoms with E-state index in [1.165, 1.54) is 57.6 Å². The van der Waals surface area contributed by atoms with Gasteiger partial charge in [-0.1, -0.05) is 0 Å². The molecule has 0 aromatic rings. The summed E-state index contributed by atoms with van der Waals surface area (Å²) in [6.07, 6.45) is 7.86. The van der Waals surface area contributed by atoms with Crippen molar-refractivity contribution in [2.45, 2.75) is 38.1 Å². The third-order valence-electron chi connectivity index (χ3n) is 4.06. The highest BCUT2D eigenvalue weighted by atomic mass is 32.2. The van der Waals surface area contributed by atoms with Crippen LogP contribution >= 0.6 is 11.8 Å². The molecule has 2 nitrogen and oxygen atoms in total. The number of nitrogens with zero attached hydrogens (tertiary/aromatic N) is 1. The van der Waals surface area contributed by atoms with E-state index in [0.717, 1.165) is 5.92 Å². The molecule has 1 saturated heterocycles. The second-order valence-corrected chi connectivity index (χ2v) is 6.58. The van der Waals surface area contributed by atoms with Gasteiger partial charge in [-0.15, -0.1) is 0 Å². The normalized spacial score (nSPS) is 31.9. The van der Waals surface area contributed by atoms with Gasteiger partial charge < -0.3 is 10.2 Å². The summed E-state index contributed by atoms with van der Waals surface area (Å²) in [5.74, 6) is 2.29. The number of thioether (sulfide) groups is 1. The molecule has 2 fully saturated rings. The minimum atomic E-state index is 0.428. The third-order valence-corrected chi connectivity index (χ3v) is 4.76. The van der Waals surface area contributed by atoms with Crippen LogP contribution in [0.25, 0.3) is 0 Å². The van der Waals surface area contributed by atoms with Gasteiger partial charge in [0.15, 0.2) is 0 Å². The lowest BCUT2D eigenvalue weighted by Crippen LogP contribution is -2.60. The van der Waals surface area contributed by atoms with E-state index in [4.69, 9.17) is 0 Å². The number of hydrogen-bond acceptors (Lipinski definition) is 3. The Kier molecular flexibility index (Phi) is 4.57. The van der Waals surface area contributed by atoms with E-state index >= 15 is 0 Å². The molecule has 1 unspecified atom stereocenters. The van der Waals surface area contributed by atoms with E-state index in [-0.39, 0.29) is 0 Å². The predicted octanol–water partition coefficient (Wildman–Crippen LogP) is 2.20. The first-order chi connectivity index (χ1) is 7.74. The summed E-state index contributed by atoms with van der Waals surface area (Å²) >= 11 is 1.97. The second-order valence-electron chi connectivity index (χ2n) is 5.59. The molecule has 0 spiro atoms. The van der Waals surface area contributed by atoms with Gasteiger partial charge in [0, 0.05) is 25.2 Å². The van der Waals surface area contributed by atoms with Crippen molar-refractivity contribution >= 4 is 11.8 Å². The predicted molar refractivity (Wildman–Crippen MR) is 73.2 cm³/mol. The zero-order chi connectivity index (χ0) is 11.4. The van der Waals surface area contributed by atoms with Gasteiger partial charge in [-0.25, -0.2) is 0 Å². The molecule has 1 aliphatic heterocycles. The topological polar surface area (TPSA) is 15.3 Å². The van der Waals surface area contributed by atoms with Crippen molar-refractivity contribution in [1.82, 2.24) is 10.2 Å². The van der Waals surface area contributed by atoms with Gasteiger partial charge in [0.1, 0.15) is 0 Å². The smallest absolute Gasteiger partial charge is 0.0309 e. The molecule has 1 N–H and O–H groups in total. The zero-order valence-electron chi connectivity index (χ0n) is 10.8. The highest BCUT2D eigenvalue weighted by molar-refractivity contribution is 7.98. The van der Waals surface area contributed by atoms with Gasteiger partial charge in [-0.05, 0) is 57.1 Å². The fourth-order valence-corrected chi connectivity index (χ4v) is 3.36. The van der Waals surface area contributed by atoms with Crippen LogP contribution in [0.5, 0.6) is 0 Å². The van der Waals surface area contributed by atoms with E-state index in [1.54, 1.807) is 0 Å². The van der Waals surface area contributed by atoms with Crippen LogP contribution in [-0.4, -0.2) is 48.6 Å². The average molecular weight is 242 g/mol. The lowest BCUT2D eigenvalue weighted by atomic mass is 9.93. The van der Waals surface area contributed by atoms with E-state index < -0.39 is 0 Å². The van der Waals surface area contributed by atoms with Crippen molar-refractivity contribution in [3.63, 3.8) is 0 Å². The molecule has 1 aliphatic carbocycles. The summed E-state index contributed by atoms with van der Waals surface area (Å²) in [5, 5.41) is 3.74. The second kappa shape index (κ2) is 5.74. The molecular formula is C13H26N2S. The molecule has 1 saturated carbocycles. The van der Waals surface area contributed by atoms with Crippen LogP contribution in [0.2, 0.25) is 0 Å². The van der Waals surface area contributed by atoms with Crippen LogP contribution in [0.3, 0.4) is 0 Å². The van der Waals surface area contributed by atoms with Crippen LogP contribution in [0.15, 0.2) is 0 Å². The van der Waals surface area contributed by atoms with Crippen molar-refractivity contribution in [3.8, 4) is 0 Å². The highest BCUT2D eigenvalue weighted by Crippen LogP contribution is 2.40. The molecule has 0 aromatic carbocycles. The van der Waals surface area contributed by atoms with Crippen LogP contribution in [-0.2, 0) is 0 Å². The third kappa shape index (κ3) is 3.38. The lowest BCUT2D eigenvalue weighted by molar-refractivity contribution is 0.126. The van der Waals surface area contributed by atoms with Crippen LogP contribution in [0.4, 0.5) is 0 Å². The Hall–Kier alpha value is 0.270. The maximum absolute atomic E-state index is 3.74. The molecular weight excluding hydrogens is 216 g/mol. The quantitative estimate of drug-likeness (QED) is 0.719. The van der Waals surface area contributed by atoms with Crippen molar-refractivity contribution in [2.75, 3.05) is 38.2 Å². The minimum Gasteiger partial charge on any atom is -0.309 e. The molecule has 0 radical (unpaired) electrons. The summed E-state index contributed by atoms with van der Waals surface area (Å²) in [6.45, 7) is 7.46. The van der Waals surface area contributed by atoms with Gasteiger partial charge in [0.2, 0.25) is 0 Å². The number of unbranched alkanes of at least 4 members (excludes halogenated alkanes) is 1. The van der Waals surface area contributed by atoms with Crippen LogP contribution < -0.4 is 5.32 Å². The van der Waals surface area contributed by atoms with Gasteiger partial charge in [0.05, 0.1) is 0 Å². The van der Waals surface area contributed by atoms with E-state index in [2.05, 4.69) is 23.4 Å². The molecule has 0 bridgehead atoms. The summed E-state index contributed by atoms with van der Waals surface area (Å²) in [7, 11) is 0. The van der Waals surface area contributed by atoms with Crippen molar-refractivity contribution in [3.05, 3.63) is 0 Å². The molecule has 2 rings (SSSR count). The van der Waals surface area contributed by atoms with Gasteiger partial charge >= 0.3 is 0 Å². The Balaban J connectivity index is 1.69. The van der Waals surface area contributed by atoms with Crippen LogP contribution in [0.1, 0.15) is 32.6 Å². The lowest BCUT2D eigenvalue weighted by Gasteiger charge is -2.42. The van der Waals surface area contributed by atoms with E-state index in [1.807, 2.05) is 11.8 Å². The van der Waals surface area contributed by atoms with Crippen molar-refractivity contribution < 1.29 is 0 Å². The maximum Gasteiger partial charge on any atom is 0.0309 e. The van der Waals surface area contributed by atoms with Crippen LogP contribution in [0, 0.1) is 5.92 Å². The Bertz CT molecular complexity index is 218. The summed E-state index contributed by atoms with van der Waals surface area (Å²) in [6, 6.07) is 0. The number of piperazine rings is 1. The molecule has 94 valence electrons. The van der Waals surface area contributed by atoms with Gasteiger partial charge in [-0.2, -0.15) is 11.8 Å². The Morgan fingerprint density at radius 1 is 1.38 bits per heavy atom. The van der Waals surface area contributed by atoms with E-state index in [9.17, 15) is 0 Å². The molecule has 1 atom stereocenters. The average Bonchev–Trinajstić information content (AvgIpc) is 3.09. The fraction of sp³-hybridized carbons (Fsp3) is 1.00. The van der Waals surface area contributed by atoms with Gasteiger partial charge in [-0.3, -0.25) is 0 Å². The number of hydrogen-bond donors (Lipinski definition) is 1.